The summed E-state index contributed by atoms with van der Waals surface area (Å²) in [5, 5.41) is 1.95. The molecule has 0 atom stereocenters. The number of halogens is 2. The number of rotatable bonds is 4. The van der Waals surface area contributed by atoms with Gasteiger partial charge < -0.3 is 9.64 Å². The lowest BCUT2D eigenvalue weighted by Gasteiger charge is -2.24. The molecule has 1 fully saturated rings. The van der Waals surface area contributed by atoms with Crippen LogP contribution in [-0.2, 0) is 6.61 Å². The lowest BCUT2D eigenvalue weighted by Crippen LogP contribution is -2.24. The molecule has 5 heteroatoms. The summed E-state index contributed by atoms with van der Waals surface area (Å²) in [6.07, 6.45) is 5.21. The minimum absolute atomic E-state index is 0. The van der Waals surface area contributed by atoms with Gasteiger partial charge in [-0.15, -0.1) is 12.4 Å². The van der Waals surface area contributed by atoms with Gasteiger partial charge in [0.05, 0.1) is 5.52 Å². The van der Waals surface area contributed by atoms with Crippen LogP contribution in [0.15, 0.2) is 48.5 Å². The summed E-state index contributed by atoms with van der Waals surface area (Å²) in [4.78, 5) is 7.28. The highest BCUT2D eigenvalue weighted by atomic mass is 35.5. The minimum atomic E-state index is 0. The Bertz CT molecular complexity index is 920. The van der Waals surface area contributed by atoms with Gasteiger partial charge in [-0.25, -0.2) is 0 Å². The second kappa shape index (κ2) is 9.49. The maximum Gasteiger partial charge on any atom is 0.122 e. The summed E-state index contributed by atoms with van der Waals surface area (Å²) in [6.45, 7) is 4.86. The summed E-state index contributed by atoms with van der Waals surface area (Å²) in [5.41, 5.74) is 4.46. The molecule has 2 aromatic carbocycles. The molecular formula is C23H26Cl2N2O. The Morgan fingerprint density at radius 1 is 0.964 bits per heavy atom. The molecule has 4 rings (SSSR count). The van der Waals surface area contributed by atoms with Crippen molar-refractivity contribution in [1.82, 2.24) is 4.98 Å². The summed E-state index contributed by atoms with van der Waals surface area (Å²) in [6, 6.07) is 16.2. The number of ether oxygens (including phenoxy) is 1. The van der Waals surface area contributed by atoms with Crippen LogP contribution in [-0.4, -0.2) is 18.1 Å². The van der Waals surface area contributed by atoms with Crippen molar-refractivity contribution < 1.29 is 4.74 Å². The fourth-order valence-corrected chi connectivity index (χ4v) is 3.85. The lowest BCUT2D eigenvalue weighted by molar-refractivity contribution is 0.306. The standard InChI is InChI=1S/C23H25ClN2O.ClH/c1-17-14-23(26-12-4-2-3-5-13-26)21-11-10-20(15-22(21)25-17)27-16-18-6-8-19(24)9-7-18;/h6-11,14-15H,2-5,12-13,16H2,1H3;1H. The van der Waals surface area contributed by atoms with Crippen molar-refractivity contribution >= 4 is 40.6 Å². The molecule has 0 amide bonds. The molecule has 148 valence electrons. The molecule has 2 heterocycles. The number of anilines is 1. The molecule has 0 N–H and O–H groups in total. The van der Waals surface area contributed by atoms with Gasteiger partial charge in [-0.05, 0) is 55.7 Å². The third kappa shape index (κ3) is 4.89. The number of hydrogen-bond acceptors (Lipinski definition) is 3. The zero-order valence-electron chi connectivity index (χ0n) is 16.2. The van der Waals surface area contributed by atoms with Gasteiger partial charge in [-0.3, -0.25) is 4.98 Å². The van der Waals surface area contributed by atoms with E-state index in [0.29, 0.717) is 6.61 Å². The number of hydrogen-bond donors (Lipinski definition) is 0. The second-order valence-corrected chi connectivity index (χ2v) is 7.71. The summed E-state index contributed by atoms with van der Waals surface area (Å²) >= 11 is 5.94. The Kier molecular flexibility index (Phi) is 7.03. The molecule has 1 saturated heterocycles. The van der Waals surface area contributed by atoms with Gasteiger partial charge in [0.25, 0.3) is 0 Å². The van der Waals surface area contributed by atoms with E-state index < -0.39 is 0 Å². The fourth-order valence-electron chi connectivity index (χ4n) is 3.73. The van der Waals surface area contributed by atoms with Crippen molar-refractivity contribution in [2.75, 3.05) is 18.0 Å². The Morgan fingerprint density at radius 2 is 1.68 bits per heavy atom. The van der Waals surface area contributed by atoms with Crippen LogP contribution in [0.5, 0.6) is 5.75 Å². The van der Waals surface area contributed by atoms with E-state index in [2.05, 4.69) is 36.1 Å². The molecule has 0 bridgehead atoms. The highest BCUT2D eigenvalue weighted by Crippen LogP contribution is 2.31. The molecule has 28 heavy (non-hydrogen) atoms. The molecule has 1 aliphatic rings. The average molecular weight is 417 g/mol. The molecule has 3 aromatic rings. The minimum Gasteiger partial charge on any atom is -0.489 e. The number of pyridine rings is 1. The predicted octanol–water partition coefficient (Wildman–Crippen LogP) is 6.58. The van der Waals surface area contributed by atoms with Crippen molar-refractivity contribution in [3.63, 3.8) is 0 Å². The van der Waals surface area contributed by atoms with Gasteiger partial charge in [0, 0.05) is 40.9 Å². The van der Waals surface area contributed by atoms with Gasteiger partial charge in [-0.2, -0.15) is 0 Å². The maximum absolute atomic E-state index is 5.99. The molecule has 1 aliphatic heterocycles. The van der Waals surface area contributed by atoms with Crippen molar-refractivity contribution in [2.45, 2.75) is 39.2 Å². The second-order valence-electron chi connectivity index (χ2n) is 7.28. The van der Waals surface area contributed by atoms with E-state index in [4.69, 9.17) is 21.3 Å². The van der Waals surface area contributed by atoms with E-state index in [1.807, 2.05) is 24.3 Å². The van der Waals surface area contributed by atoms with Crippen LogP contribution in [0.1, 0.15) is 36.9 Å². The van der Waals surface area contributed by atoms with Crippen LogP contribution in [0.4, 0.5) is 5.69 Å². The summed E-state index contributed by atoms with van der Waals surface area (Å²) in [7, 11) is 0. The van der Waals surface area contributed by atoms with Crippen LogP contribution in [0.2, 0.25) is 5.02 Å². The number of nitrogens with zero attached hydrogens (tertiary/aromatic N) is 2. The monoisotopic (exact) mass is 416 g/mol. The summed E-state index contributed by atoms with van der Waals surface area (Å²) < 4.78 is 5.99. The lowest BCUT2D eigenvalue weighted by atomic mass is 10.1. The molecule has 0 radical (unpaired) electrons. The zero-order valence-corrected chi connectivity index (χ0v) is 17.7. The van der Waals surface area contributed by atoms with Crippen LogP contribution < -0.4 is 9.64 Å². The van der Waals surface area contributed by atoms with E-state index >= 15 is 0 Å². The van der Waals surface area contributed by atoms with Crippen LogP contribution in [0.3, 0.4) is 0 Å². The van der Waals surface area contributed by atoms with Gasteiger partial charge in [0.2, 0.25) is 0 Å². The first-order valence-corrected chi connectivity index (χ1v) is 10.1. The van der Waals surface area contributed by atoms with E-state index in [1.54, 1.807) is 0 Å². The van der Waals surface area contributed by atoms with E-state index in [-0.39, 0.29) is 12.4 Å². The largest absolute Gasteiger partial charge is 0.489 e. The van der Waals surface area contributed by atoms with Crippen LogP contribution in [0.25, 0.3) is 10.9 Å². The maximum atomic E-state index is 5.99. The highest BCUT2D eigenvalue weighted by molar-refractivity contribution is 6.30. The fraction of sp³-hybridized carbons (Fsp3) is 0.348. The molecule has 1 aromatic heterocycles. The van der Waals surface area contributed by atoms with Crippen molar-refractivity contribution in [1.29, 1.82) is 0 Å². The van der Waals surface area contributed by atoms with Crippen molar-refractivity contribution in [2.24, 2.45) is 0 Å². The normalized spacial score (nSPS) is 14.4. The van der Waals surface area contributed by atoms with Crippen LogP contribution in [0, 0.1) is 6.92 Å². The van der Waals surface area contributed by atoms with Crippen molar-refractivity contribution in [3.8, 4) is 5.75 Å². The Balaban J connectivity index is 0.00000225. The topological polar surface area (TPSA) is 25.4 Å². The number of aromatic nitrogens is 1. The SMILES string of the molecule is Cc1cc(N2CCCCCC2)c2ccc(OCc3ccc(Cl)cc3)cc2n1.Cl. The van der Waals surface area contributed by atoms with E-state index in [1.165, 1.54) is 36.8 Å². The number of benzene rings is 2. The molecule has 3 nitrogen and oxygen atoms in total. The van der Waals surface area contributed by atoms with E-state index in [0.717, 1.165) is 40.6 Å². The van der Waals surface area contributed by atoms with Crippen molar-refractivity contribution in [3.05, 3.63) is 64.8 Å². The highest BCUT2D eigenvalue weighted by Gasteiger charge is 2.14. The number of fused-ring (bicyclic) bond motifs is 1. The van der Waals surface area contributed by atoms with Gasteiger partial charge >= 0.3 is 0 Å². The Morgan fingerprint density at radius 3 is 2.39 bits per heavy atom. The number of aryl methyl sites for hydroxylation is 1. The van der Waals surface area contributed by atoms with Gasteiger partial charge in [0.15, 0.2) is 0 Å². The molecule has 0 unspecified atom stereocenters. The first-order chi connectivity index (χ1) is 13.2. The van der Waals surface area contributed by atoms with Gasteiger partial charge in [-0.1, -0.05) is 36.6 Å². The third-order valence-electron chi connectivity index (χ3n) is 5.15. The Hall–Kier alpha value is -1.97. The molecule has 0 aliphatic carbocycles. The molecule has 0 saturated carbocycles. The van der Waals surface area contributed by atoms with E-state index in [9.17, 15) is 0 Å². The molecular weight excluding hydrogens is 391 g/mol. The first-order valence-electron chi connectivity index (χ1n) is 9.73. The molecule has 0 spiro atoms. The average Bonchev–Trinajstić information content (AvgIpc) is 2.96. The summed E-state index contributed by atoms with van der Waals surface area (Å²) in [5.74, 6) is 0.845. The quantitative estimate of drug-likeness (QED) is 0.480. The smallest absolute Gasteiger partial charge is 0.122 e. The van der Waals surface area contributed by atoms with Crippen LogP contribution >= 0.6 is 24.0 Å². The Labute approximate surface area is 178 Å². The zero-order chi connectivity index (χ0) is 18.6. The van der Waals surface area contributed by atoms with Gasteiger partial charge in [0.1, 0.15) is 12.4 Å². The predicted molar refractivity (Wildman–Crippen MR) is 120 cm³/mol. The first kappa shape index (κ1) is 20.8. The third-order valence-corrected chi connectivity index (χ3v) is 5.41.